The van der Waals surface area contributed by atoms with Crippen molar-refractivity contribution in [2.24, 2.45) is 14.1 Å². The van der Waals surface area contributed by atoms with Gasteiger partial charge in [0.05, 0.1) is 28.9 Å². The van der Waals surface area contributed by atoms with E-state index in [9.17, 15) is 9.59 Å². The minimum Gasteiger partial charge on any atom is -0.466 e. The molecule has 0 unspecified atom stereocenters. The highest BCUT2D eigenvalue weighted by Gasteiger charge is 2.22. The fourth-order valence-corrected chi connectivity index (χ4v) is 3.17. The smallest absolute Gasteiger partial charge is 0.313 e. The second kappa shape index (κ2) is 8.35. The molecule has 1 amide bonds. The molecule has 1 atom stereocenters. The SMILES string of the molecule is CCOC(=O)Cc1nnc(S[C@H](C)C(=O)Nc2c(C)nn(C)c2C)n1C. The van der Waals surface area contributed by atoms with E-state index in [-0.39, 0.29) is 18.3 Å². The number of ether oxygens (including phenoxy) is 1. The molecule has 0 aliphatic carbocycles. The molecule has 10 heteroatoms. The maximum Gasteiger partial charge on any atom is 0.313 e. The first-order valence-corrected chi connectivity index (χ1v) is 9.14. The van der Waals surface area contributed by atoms with Gasteiger partial charge in [0.1, 0.15) is 12.2 Å². The van der Waals surface area contributed by atoms with Crippen LogP contribution in [-0.4, -0.2) is 48.3 Å². The number of nitrogens with one attached hydrogen (secondary N) is 1. The van der Waals surface area contributed by atoms with Crippen molar-refractivity contribution in [3.05, 3.63) is 17.2 Å². The molecule has 0 aliphatic rings. The molecule has 2 heterocycles. The molecular formula is C16H24N6O3S. The lowest BCUT2D eigenvalue weighted by Gasteiger charge is -2.12. The Kier molecular flexibility index (Phi) is 6.41. The van der Waals surface area contributed by atoms with E-state index in [0.717, 1.165) is 17.1 Å². The highest BCUT2D eigenvalue weighted by molar-refractivity contribution is 8.00. The average molecular weight is 380 g/mol. The molecule has 2 aromatic rings. The maximum atomic E-state index is 12.5. The molecule has 0 aromatic carbocycles. The summed E-state index contributed by atoms with van der Waals surface area (Å²) in [5.74, 6) is -0.00508. The average Bonchev–Trinajstić information content (AvgIpc) is 3.02. The van der Waals surface area contributed by atoms with Gasteiger partial charge in [0.15, 0.2) is 5.16 Å². The van der Waals surface area contributed by atoms with Crippen molar-refractivity contribution in [3.63, 3.8) is 0 Å². The third-order valence-electron chi connectivity index (χ3n) is 3.94. The molecule has 0 bridgehead atoms. The van der Waals surface area contributed by atoms with Gasteiger partial charge in [-0.2, -0.15) is 5.10 Å². The molecule has 2 rings (SSSR count). The summed E-state index contributed by atoms with van der Waals surface area (Å²) < 4.78 is 8.35. The fourth-order valence-electron chi connectivity index (χ4n) is 2.33. The molecule has 0 spiro atoms. The summed E-state index contributed by atoms with van der Waals surface area (Å²) in [7, 11) is 3.59. The van der Waals surface area contributed by atoms with Crippen LogP contribution in [0.3, 0.4) is 0 Å². The van der Waals surface area contributed by atoms with Crippen LogP contribution in [0.4, 0.5) is 5.69 Å². The quantitative estimate of drug-likeness (QED) is 0.572. The van der Waals surface area contributed by atoms with Crippen LogP contribution in [0.15, 0.2) is 5.16 Å². The molecule has 2 aromatic heterocycles. The molecule has 9 nitrogen and oxygen atoms in total. The van der Waals surface area contributed by atoms with E-state index >= 15 is 0 Å². The maximum absolute atomic E-state index is 12.5. The molecule has 1 N–H and O–H groups in total. The minimum absolute atomic E-state index is 0.0482. The third kappa shape index (κ3) is 4.43. The number of carbonyl (C=O) groups excluding carboxylic acids is 2. The summed E-state index contributed by atoms with van der Waals surface area (Å²) in [6, 6.07) is 0. The number of nitrogens with zero attached hydrogens (tertiary/aromatic N) is 5. The Balaban J connectivity index is 2.03. The minimum atomic E-state index is -0.396. The Morgan fingerprint density at radius 3 is 2.54 bits per heavy atom. The van der Waals surface area contributed by atoms with Crippen molar-refractivity contribution in [1.29, 1.82) is 0 Å². The summed E-state index contributed by atoms with van der Waals surface area (Å²) in [6.07, 6.45) is 0.0482. The lowest BCUT2D eigenvalue weighted by molar-refractivity contribution is -0.142. The Hall–Kier alpha value is -2.36. The number of thioether (sulfide) groups is 1. The second-order valence-corrected chi connectivity index (χ2v) is 7.17. The number of aromatic nitrogens is 5. The van der Waals surface area contributed by atoms with Crippen molar-refractivity contribution >= 4 is 29.3 Å². The van der Waals surface area contributed by atoms with Crippen LogP contribution in [-0.2, 0) is 34.8 Å². The first-order chi connectivity index (χ1) is 12.2. The van der Waals surface area contributed by atoms with Gasteiger partial charge in [-0.1, -0.05) is 11.8 Å². The summed E-state index contributed by atoms with van der Waals surface area (Å²) in [6.45, 7) is 7.62. The van der Waals surface area contributed by atoms with Gasteiger partial charge in [0.2, 0.25) is 5.91 Å². The molecule has 0 saturated carbocycles. The number of hydrogen-bond acceptors (Lipinski definition) is 7. The van der Waals surface area contributed by atoms with Gasteiger partial charge in [-0.25, -0.2) is 0 Å². The van der Waals surface area contributed by atoms with E-state index < -0.39 is 5.25 Å². The number of aryl methyl sites for hydroxylation is 2. The van der Waals surface area contributed by atoms with Gasteiger partial charge in [-0.15, -0.1) is 10.2 Å². The molecule has 0 fully saturated rings. The van der Waals surface area contributed by atoms with E-state index in [1.54, 1.807) is 30.1 Å². The van der Waals surface area contributed by atoms with E-state index in [0.29, 0.717) is 17.6 Å². The van der Waals surface area contributed by atoms with Crippen LogP contribution in [0.5, 0.6) is 0 Å². The van der Waals surface area contributed by atoms with Crippen molar-refractivity contribution < 1.29 is 14.3 Å². The zero-order valence-electron chi connectivity index (χ0n) is 15.9. The number of anilines is 1. The lowest BCUT2D eigenvalue weighted by atomic mass is 10.3. The Labute approximate surface area is 156 Å². The zero-order valence-corrected chi connectivity index (χ0v) is 16.7. The second-order valence-electron chi connectivity index (χ2n) is 5.86. The number of hydrogen-bond donors (Lipinski definition) is 1. The molecule has 0 aliphatic heterocycles. The zero-order chi connectivity index (χ0) is 19.4. The van der Waals surface area contributed by atoms with Crippen molar-refractivity contribution in [1.82, 2.24) is 24.5 Å². The largest absolute Gasteiger partial charge is 0.466 e. The topological polar surface area (TPSA) is 104 Å². The third-order valence-corrected chi connectivity index (χ3v) is 5.08. The lowest BCUT2D eigenvalue weighted by Crippen LogP contribution is -2.23. The van der Waals surface area contributed by atoms with Crippen LogP contribution in [0, 0.1) is 13.8 Å². The molecule has 0 saturated heterocycles. The number of esters is 1. The molecule has 0 radical (unpaired) electrons. The Morgan fingerprint density at radius 2 is 1.96 bits per heavy atom. The molecule has 26 heavy (non-hydrogen) atoms. The number of carbonyl (C=O) groups is 2. The van der Waals surface area contributed by atoms with Crippen LogP contribution < -0.4 is 5.32 Å². The van der Waals surface area contributed by atoms with Crippen molar-refractivity contribution in [3.8, 4) is 0 Å². The van der Waals surface area contributed by atoms with Gasteiger partial charge in [-0.3, -0.25) is 14.3 Å². The summed E-state index contributed by atoms with van der Waals surface area (Å²) in [4.78, 5) is 24.1. The van der Waals surface area contributed by atoms with Gasteiger partial charge >= 0.3 is 5.97 Å². The fraction of sp³-hybridized carbons (Fsp3) is 0.562. The summed E-state index contributed by atoms with van der Waals surface area (Å²) >= 11 is 1.28. The van der Waals surface area contributed by atoms with Crippen molar-refractivity contribution in [2.45, 2.75) is 44.5 Å². The van der Waals surface area contributed by atoms with Crippen LogP contribution in [0.2, 0.25) is 0 Å². The predicted molar refractivity (Wildman–Crippen MR) is 98.0 cm³/mol. The first-order valence-electron chi connectivity index (χ1n) is 8.26. The summed E-state index contributed by atoms with van der Waals surface area (Å²) in [5.41, 5.74) is 2.39. The molecule has 142 valence electrons. The monoisotopic (exact) mass is 380 g/mol. The number of rotatable bonds is 7. The first kappa shape index (κ1) is 20.0. The Morgan fingerprint density at radius 1 is 1.27 bits per heavy atom. The normalized spacial score (nSPS) is 12.1. The van der Waals surface area contributed by atoms with E-state index in [2.05, 4.69) is 20.6 Å². The molecular weight excluding hydrogens is 356 g/mol. The van der Waals surface area contributed by atoms with Gasteiger partial charge in [0, 0.05) is 14.1 Å². The van der Waals surface area contributed by atoms with E-state index in [1.807, 2.05) is 20.9 Å². The predicted octanol–water partition coefficient (Wildman–Crippen LogP) is 1.39. The Bertz CT molecular complexity index is 813. The van der Waals surface area contributed by atoms with Gasteiger partial charge in [0.25, 0.3) is 0 Å². The van der Waals surface area contributed by atoms with Gasteiger partial charge < -0.3 is 14.6 Å². The van der Waals surface area contributed by atoms with Crippen LogP contribution in [0.1, 0.15) is 31.1 Å². The standard InChI is InChI=1S/C16H24N6O3S/c1-7-25-13(23)8-12-18-19-16(21(12)5)26-11(4)15(24)17-14-9(2)20-22(6)10(14)3/h11H,7-8H2,1-6H3,(H,17,24)/t11-/m1/s1. The number of amides is 1. The highest BCUT2D eigenvalue weighted by Crippen LogP contribution is 2.24. The highest BCUT2D eigenvalue weighted by atomic mass is 32.2. The van der Waals surface area contributed by atoms with Crippen molar-refractivity contribution in [2.75, 3.05) is 11.9 Å². The van der Waals surface area contributed by atoms with Crippen LogP contribution in [0.25, 0.3) is 0 Å². The summed E-state index contributed by atoms with van der Waals surface area (Å²) in [5, 5.41) is 15.5. The van der Waals surface area contributed by atoms with Crippen LogP contribution >= 0.6 is 11.8 Å². The van der Waals surface area contributed by atoms with E-state index in [4.69, 9.17) is 4.74 Å². The van der Waals surface area contributed by atoms with Gasteiger partial charge in [-0.05, 0) is 27.7 Å². The van der Waals surface area contributed by atoms with E-state index in [1.165, 1.54) is 11.8 Å².